The van der Waals surface area contributed by atoms with E-state index in [9.17, 15) is 9.59 Å². The Morgan fingerprint density at radius 3 is 2.82 bits per heavy atom. The molecule has 1 heterocycles. The summed E-state index contributed by atoms with van der Waals surface area (Å²) < 4.78 is 5.17. The Morgan fingerprint density at radius 1 is 1.32 bits per heavy atom. The Bertz CT molecular complexity index is 641. The second-order valence-corrected chi connectivity index (χ2v) is 6.15. The molecule has 2 rings (SSSR count). The third-order valence-electron chi connectivity index (χ3n) is 3.09. The topological polar surface area (TPSA) is 85.3 Å². The number of primary amides is 1. The molecule has 0 radical (unpaired) electrons. The van der Waals surface area contributed by atoms with Crippen LogP contribution < -0.4 is 11.1 Å². The lowest BCUT2D eigenvalue weighted by atomic mass is 10.1. The molecule has 3 N–H and O–H groups in total. The fourth-order valence-corrected chi connectivity index (χ4v) is 2.57. The minimum atomic E-state index is -0.336. The van der Waals surface area contributed by atoms with E-state index >= 15 is 0 Å². The highest BCUT2D eigenvalue weighted by molar-refractivity contribution is 7.99. The predicted octanol–water partition coefficient (Wildman–Crippen LogP) is 2.32. The van der Waals surface area contributed by atoms with Gasteiger partial charge in [-0.05, 0) is 36.8 Å². The van der Waals surface area contributed by atoms with E-state index < -0.39 is 0 Å². The third-order valence-corrected chi connectivity index (χ3v) is 4.33. The van der Waals surface area contributed by atoms with Crippen LogP contribution in [0, 0.1) is 0 Å². The van der Waals surface area contributed by atoms with Gasteiger partial charge < -0.3 is 15.5 Å². The molecule has 0 bridgehead atoms. The molecule has 0 spiro atoms. The van der Waals surface area contributed by atoms with E-state index in [1.165, 1.54) is 11.8 Å². The van der Waals surface area contributed by atoms with E-state index in [-0.39, 0.29) is 17.1 Å². The first-order valence-electron chi connectivity index (χ1n) is 6.86. The van der Waals surface area contributed by atoms with Crippen molar-refractivity contribution in [2.45, 2.75) is 24.5 Å². The van der Waals surface area contributed by atoms with Crippen LogP contribution in [0.15, 0.2) is 47.1 Å². The van der Waals surface area contributed by atoms with Gasteiger partial charge in [-0.3, -0.25) is 9.59 Å². The Kier molecular flexibility index (Phi) is 5.66. The number of nitrogens with one attached hydrogen (secondary N) is 1. The monoisotopic (exact) mass is 318 g/mol. The number of hydrogen-bond acceptors (Lipinski definition) is 4. The first kappa shape index (κ1) is 16.2. The van der Waals surface area contributed by atoms with Crippen molar-refractivity contribution in [1.29, 1.82) is 0 Å². The van der Waals surface area contributed by atoms with Crippen LogP contribution in [0.2, 0.25) is 0 Å². The van der Waals surface area contributed by atoms with Gasteiger partial charge in [0.1, 0.15) is 5.76 Å². The maximum Gasteiger partial charge on any atom is 0.251 e. The van der Waals surface area contributed by atoms with Crippen molar-refractivity contribution in [3.05, 3.63) is 59.5 Å². The lowest BCUT2D eigenvalue weighted by molar-refractivity contribution is -0.117. The van der Waals surface area contributed by atoms with E-state index in [2.05, 4.69) is 5.32 Å². The molecule has 1 aromatic carbocycles. The summed E-state index contributed by atoms with van der Waals surface area (Å²) in [5, 5.41) is 2.54. The summed E-state index contributed by atoms with van der Waals surface area (Å²) in [5.41, 5.74) is 6.79. The number of amides is 2. The van der Waals surface area contributed by atoms with Crippen LogP contribution in [0.3, 0.4) is 0 Å². The van der Waals surface area contributed by atoms with Crippen molar-refractivity contribution in [3.8, 4) is 0 Å². The standard InChI is InChI=1S/C16H18N2O3S/c1-11(15(17)19)22-10-12-4-2-5-13(8-12)16(20)18-9-14-6-3-7-21-14/h2-8,11H,9-10H2,1H3,(H2,17,19)(H,18,20). The first-order valence-corrected chi connectivity index (χ1v) is 7.91. The van der Waals surface area contributed by atoms with Crippen molar-refractivity contribution in [2.75, 3.05) is 0 Å². The molecule has 0 saturated carbocycles. The summed E-state index contributed by atoms with van der Waals surface area (Å²) >= 11 is 1.45. The van der Waals surface area contributed by atoms with Gasteiger partial charge in [0, 0.05) is 11.3 Å². The van der Waals surface area contributed by atoms with Crippen LogP contribution in [0.5, 0.6) is 0 Å². The maximum absolute atomic E-state index is 12.1. The quantitative estimate of drug-likeness (QED) is 0.820. The fraction of sp³-hybridized carbons (Fsp3) is 0.250. The molecule has 0 fully saturated rings. The number of hydrogen-bond donors (Lipinski definition) is 2. The molecule has 2 aromatic rings. The Labute approximate surface area is 133 Å². The zero-order valence-electron chi connectivity index (χ0n) is 12.2. The summed E-state index contributed by atoms with van der Waals surface area (Å²) in [4.78, 5) is 23.1. The van der Waals surface area contributed by atoms with Gasteiger partial charge in [0.2, 0.25) is 5.91 Å². The van der Waals surface area contributed by atoms with Gasteiger partial charge >= 0.3 is 0 Å². The Hall–Kier alpha value is -2.21. The summed E-state index contributed by atoms with van der Waals surface area (Å²) in [6.45, 7) is 2.12. The average Bonchev–Trinajstić information content (AvgIpc) is 3.03. The van der Waals surface area contributed by atoms with Crippen molar-refractivity contribution < 1.29 is 14.0 Å². The lowest BCUT2D eigenvalue weighted by Crippen LogP contribution is -2.23. The zero-order chi connectivity index (χ0) is 15.9. The highest BCUT2D eigenvalue weighted by atomic mass is 32.2. The van der Waals surface area contributed by atoms with E-state index in [1.807, 2.05) is 18.2 Å². The summed E-state index contributed by atoms with van der Waals surface area (Å²) in [6.07, 6.45) is 1.57. The van der Waals surface area contributed by atoms with Gasteiger partial charge in [0.25, 0.3) is 5.91 Å². The van der Waals surface area contributed by atoms with Gasteiger partial charge in [0.05, 0.1) is 18.1 Å². The largest absolute Gasteiger partial charge is 0.467 e. The Morgan fingerprint density at radius 2 is 2.14 bits per heavy atom. The molecule has 116 valence electrons. The van der Waals surface area contributed by atoms with Crippen molar-refractivity contribution in [2.24, 2.45) is 5.73 Å². The molecule has 0 aliphatic heterocycles. The molecule has 0 saturated heterocycles. The molecule has 0 aliphatic carbocycles. The zero-order valence-corrected chi connectivity index (χ0v) is 13.1. The summed E-state index contributed by atoms with van der Waals surface area (Å²) in [6, 6.07) is 10.9. The number of carbonyl (C=O) groups is 2. The van der Waals surface area contributed by atoms with Gasteiger partial charge in [-0.1, -0.05) is 12.1 Å². The predicted molar refractivity (Wildman–Crippen MR) is 86.3 cm³/mol. The number of rotatable bonds is 7. The van der Waals surface area contributed by atoms with E-state index in [0.29, 0.717) is 23.6 Å². The van der Waals surface area contributed by atoms with Gasteiger partial charge in [0.15, 0.2) is 0 Å². The van der Waals surface area contributed by atoms with E-state index in [0.717, 1.165) is 5.56 Å². The molecule has 22 heavy (non-hydrogen) atoms. The molecule has 1 atom stereocenters. The van der Waals surface area contributed by atoms with Crippen LogP contribution in [0.1, 0.15) is 28.6 Å². The molecule has 1 aromatic heterocycles. The summed E-state index contributed by atoms with van der Waals surface area (Å²) in [7, 11) is 0. The third kappa shape index (κ3) is 4.66. The second-order valence-electron chi connectivity index (χ2n) is 4.82. The van der Waals surface area contributed by atoms with Crippen molar-refractivity contribution in [3.63, 3.8) is 0 Å². The molecule has 2 amide bonds. The highest BCUT2D eigenvalue weighted by Gasteiger charge is 2.11. The van der Waals surface area contributed by atoms with Gasteiger partial charge in [-0.15, -0.1) is 11.8 Å². The summed E-state index contributed by atoms with van der Waals surface area (Å²) in [5.74, 6) is 0.836. The number of nitrogens with two attached hydrogens (primary N) is 1. The smallest absolute Gasteiger partial charge is 0.251 e. The molecular weight excluding hydrogens is 300 g/mol. The average molecular weight is 318 g/mol. The molecule has 5 nitrogen and oxygen atoms in total. The minimum Gasteiger partial charge on any atom is -0.467 e. The molecule has 6 heteroatoms. The highest BCUT2D eigenvalue weighted by Crippen LogP contribution is 2.18. The minimum absolute atomic E-state index is 0.161. The number of furan rings is 1. The van der Waals surface area contributed by atoms with Crippen LogP contribution >= 0.6 is 11.8 Å². The second kappa shape index (κ2) is 7.70. The van der Waals surface area contributed by atoms with Gasteiger partial charge in [-0.2, -0.15) is 0 Å². The van der Waals surface area contributed by atoms with Gasteiger partial charge in [-0.25, -0.2) is 0 Å². The normalized spacial score (nSPS) is 11.9. The van der Waals surface area contributed by atoms with Crippen LogP contribution in [-0.2, 0) is 17.1 Å². The fourth-order valence-electron chi connectivity index (χ4n) is 1.79. The Balaban J connectivity index is 1.92. The molecule has 1 unspecified atom stereocenters. The van der Waals surface area contributed by atoms with E-state index in [4.69, 9.17) is 10.2 Å². The van der Waals surface area contributed by atoms with Crippen LogP contribution in [-0.4, -0.2) is 17.1 Å². The van der Waals surface area contributed by atoms with Crippen molar-refractivity contribution in [1.82, 2.24) is 5.32 Å². The van der Waals surface area contributed by atoms with Crippen molar-refractivity contribution >= 4 is 23.6 Å². The number of benzene rings is 1. The molecule has 0 aliphatic rings. The number of carbonyl (C=O) groups excluding carboxylic acids is 2. The first-order chi connectivity index (χ1) is 10.6. The SMILES string of the molecule is CC(SCc1cccc(C(=O)NCc2ccco2)c1)C(N)=O. The number of thioether (sulfide) groups is 1. The lowest BCUT2D eigenvalue weighted by Gasteiger charge is -2.08. The van der Waals surface area contributed by atoms with E-state index in [1.54, 1.807) is 31.4 Å². The maximum atomic E-state index is 12.1. The van der Waals surface area contributed by atoms with Crippen LogP contribution in [0.25, 0.3) is 0 Å². The van der Waals surface area contributed by atoms with Crippen LogP contribution in [0.4, 0.5) is 0 Å². The molecular formula is C16H18N2O3S.